The van der Waals surface area contributed by atoms with Crippen LogP contribution in [0.2, 0.25) is 0 Å². The SMILES string of the molecule is Cc1csc(CN2CCC(NC(=O)[C@@H]3CC(=O)O[C@H]3c3ccc(C#N)cc3)CC2)c1. The second-order valence-electron chi connectivity index (χ2n) is 8.10. The molecule has 3 heterocycles. The van der Waals surface area contributed by atoms with E-state index in [2.05, 4.69) is 34.7 Å². The normalized spacial score (nSPS) is 22.5. The van der Waals surface area contributed by atoms with Crippen LogP contribution in [0.4, 0.5) is 0 Å². The molecule has 2 aliphatic rings. The lowest BCUT2D eigenvalue weighted by Gasteiger charge is -2.32. The van der Waals surface area contributed by atoms with Crippen LogP contribution in [0.25, 0.3) is 0 Å². The van der Waals surface area contributed by atoms with Gasteiger partial charge in [0.25, 0.3) is 0 Å². The summed E-state index contributed by atoms with van der Waals surface area (Å²) in [7, 11) is 0. The first-order chi connectivity index (χ1) is 14.5. The lowest BCUT2D eigenvalue weighted by molar-refractivity contribution is -0.141. The quantitative estimate of drug-likeness (QED) is 0.746. The molecule has 4 rings (SSSR count). The minimum Gasteiger partial charge on any atom is -0.457 e. The zero-order valence-electron chi connectivity index (χ0n) is 17.0. The molecule has 0 saturated carbocycles. The lowest BCUT2D eigenvalue weighted by Crippen LogP contribution is -2.46. The highest BCUT2D eigenvalue weighted by atomic mass is 32.1. The zero-order chi connectivity index (χ0) is 21.1. The number of thiophene rings is 1. The third-order valence-corrected chi connectivity index (χ3v) is 6.85. The summed E-state index contributed by atoms with van der Waals surface area (Å²) in [6.07, 6.45) is 1.30. The van der Waals surface area contributed by atoms with Crippen molar-refractivity contribution in [3.8, 4) is 6.07 Å². The first kappa shape index (κ1) is 20.6. The number of hydrogen-bond acceptors (Lipinski definition) is 6. The maximum Gasteiger partial charge on any atom is 0.307 e. The largest absolute Gasteiger partial charge is 0.457 e. The first-order valence-electron chi connectivity index (χ1n) is 10.3. The van der Waals surface area contributed by atoms with Crippen molar-refractivity contribution < 1.29 is 14.3 Å². The smallest absolute Gasteiger partial charge is 0.307 e. The third-order valence-electron chi connectivity index (χ3n) is 5.81. The molecule has 2 aliphatic heterocycles. The number of nitrogens with zero attached hydrogens (tertiary/aromatic N) is 2. The number of ether oxygens (including phenoxy) is 1. The van der Waals surface area contributed by atoms with Gasteiger partial charge in [-0.2, -0.15) is 5.26 Å². The predicted octanol–water partition coefficient (Wildman–Crippen LogP) is 3.31. The van der Waals surface area contributed by atoms with Gasteiger partial charge in [-0.1, -0.05) is 12.1 Å². The Morgan fingerprint density at radius 2 is 2.03 bits per heavy atom. The van der Waals surface area contributed by atoms with Crippen molar-refractivity contribution in [3.05, 3.63) is 57.3 Å². The van der Waals surface area contributed by atoms with Gasteiger partial charge < -0.3 is 10.1 Å². The summed E-state index contributed by atoms with van der Waals surface area (Å²) in [6.45, 7) is 4.97. The van der Waals surface area contributed by atoms with E-state index in [9.17, 15) is 9.59 Å². The van der Waals surface area contributed by atoms with Gasteiger partial charge >= 0.3 is 5.97 Å². The van der Waals surface area contributed by atoms with Gasteiger partial charge in [-0.05, 0) is 54.5 Å². The van der Waals surface area contributed by atoms with E-state index >= 15 is 0 Å². The van der Waals surface area contributed by atoms with Crippen LogP contribution < -0.4 is 5.32 Å². The van der Waals surface area contributed by atoms with Gasteiger partial charge in [0, 0.05) is 30.6 Å². The summed E-state index contributed by atoms with van der Waals surface area (Å²) in [5, 5.41) is 14.3. The number of hydrogen-bond donors (Lipinski definition) is 1. The minimum absolute atomic E-state index is 0.0904. The molecule has 156 valence electrons. The molecule has 7 heteroatoms. The third kappa shape index (κ3) is 4.72. The Hall–Kier alpha value is -2.69. The molecule has 6 nitrogen and oxygen atoms in total. The highest BCUT2D eigenvalue weighted by Crippen LogP contribution is 2.36. The second kappa shape index (κ2) is 8.99. The number of benzene rings is 1. The second-order valence-corrected chi connectivity index (χ2v) is 9.10. The van der Waals surface area contributed by atoms with Crippen LogP contribution in [0.15, 0.2) is 35.7 Å². The Morgan fingerprint density at radius 1 is 1.30 bits per heavy atom. The average molecular weight is 424 g/mol. The molecule has 1 amide bonds. The Labute approximate surface area is 180 Å². The van der Waals surface area contributed by atoms with Gasteiger partial charge in [0.15, 0.2) is 0 Å². The lowest BCUT2D eigenvalue weighted by atomic mass is 9.93. The van der Waals surface area contributed by atoms with E-state index in [4.69, 9.17) is 10.00 Å². The van der Waals surface area contributed by atoms with Gasteiger partial charge in [0.2, 0.25) is 5.91 Å². The molecule has 0 bridgehead atoms. The van der Waals surface area contributed by atoms with E-state index in [1.54, 1.807) is 35.6 Å². The molecule has 2 saturated heterocycles. The van der Waals surface area contributed by atoms with Crippen LogP contribution in [-0.4, -0.2) is 35.9 Å². The summed E-state index contributed by atoms with van der Waals surface area (Å²) in [4.78, 5) is 28.7. The Bertz CT molecular complexity index is 955. The number of likely N-dealkylation sites (tertiary alicyclic amines) is 1. The Kier molecular flexibility index (Phi) is 6.16. The van der Waals surface area contributed by atoms with E-state index in [-0.39, 0.29) is 24.3 Å². The molecule has 1 aromatic heterocycles. The van der Waals surface area contributed by atoms with Crippen LogP contribution in [0.1, 0.15) is 46.9 Å². The number of cyclic esters (lactones) is 1. The fourth-order valence-electron chi connectivity index (χ4n) is 4.17. The molecule has 1 aromatic carbocycles. The molecule has 0 unspecified atom stereocenters. The molecule has 2 atom stereocenters. The van der Waals surface area contributed by atoms with Crippen LogP contribution in [0.3, 0.4) is 0 Å². The number of piperidine rings is 1. The van der Waals surface area contributed by atoms with E-state index in [1.807, 2.05) is 0 Å². The highest BCUT2D eigenvalue weighted by molar-refractivity contribution is 7.10. The molecular weight excluding hydrogens is 398 g/mol. The summed E-state index contributed by atoms with van der Waals surface area (Å²) in [5.41, 5.74) is 2.59. The topological polar surface area (TPSA) is 82.4 Å². The Balaban J connectivity index is 1.32. The van der Waals surface area contributed by atoms with Crippen molar-refractivity contribution in [2.75, 3.05) is 13.1 Å². The van der Waals surface area contributed by atoms with Gasteiger partial charge in [0.1, 0.15) is 6.10 Å². The molecule has 1 N–H and O–H groups in total. The number of rotatable bonds is 5. The van der Waals surface area contributed by atoms with E-state index in [0.717, 1.165) is 38.0 Å². The maximum atomic E-state index is 12.9. The number of nitrogens with one attached hydrogen (secondary N) is 1. The summed E-state index contributed by atoms with van der Waals surface area (Å²) in [6, 6.07) is 11.3. The number of carbonyl (C=O) groups excluding carboxylic acids is 2. The van der Waals surface area contributed by atoms with E-state index in [1.165, 1.54) is 10.4 Å². The molecule has 0 spiro atoms. The Morgan fingerprint density at radius 3 is 2.67 bits per heavy atom. The highest BCUT2D eigenvalue weighted by Gasteiger charge is 2.41. The van der Waals surface area contributed by atoms with Crippen LogP contribution in [-0.2, 0) is 20.9 Å². The van der Waals surface area contributed by atoms with Crippen molar-refractivity contribution in [2.24, 2.45) is 5.92 Å². The summed E-state index contributed by atoms with van der Waals surface area (Å²) < 4.78 is 5.44. The van der Waals surface area contributed by atoms with Gasteiger partial charge in [-0.25, -0.2) is 0 Å². The van der Waals surface area contributed by atoms with Gasteiger partial charge in [0.05, 0.1) is 24.0 Å². The molecule has 30 heavy (non-hydrogen) atoms. The number of aryl methyl sites for hydroxylation is 1. The van der Waals surface area contributed by atoms with Crippen LogP contribution >= 0.6 is 11.3 Å². The van der Waals surface area contributed by atoms with Crippen molar-refractivity contribution in [1.29, 1.82) is 5.26 Å². The van der Waals surface area contributed by atoms with Crippen molar-refractivity contribution in [2.45, 2.75) is 44.9 Å². The zero-order valence-corrected chi connectivity index (χ0v) is 17.8. The predicted molar refractivity (Wildman–Crippen MR) is 114 cm³/mol. The van der Waals surface area contributed by atoms with Crippen molar-refractivity contribution in [3.63, 3.8) is 0 Å². The maximum absolute atomic E-state index is 12.9. The molecule has 2 aromatic rings. The van der Waals surface area contributed by atoms with Crippen LogP contribution in [0, 0.1) is 24.2 Å². The molecule has 0 radical (unpaired) electrons. The number of carbonyl (C=O) groups is 2. The minimum atomic E-state index is -0.590. The number of nitriles is 1. The monoisotopic (exact) mass is 423 g/mol. The first-order valence-corrected chi connectivity index (χ1v) is 11.2. The van der Waals surface area contributed by atoms with Crippen molar-refractivity contribution in [1.82, 2.24) is 10.2 Å². The fraction of sp³-hybridized carbons (Fsp3) is 0.435. The molecule has 0 aliphatic carbocycles. The standard InChI is InChI=1S/C23H25N3O3S/c1-15-10-19(30-14-15)13-26-8-6-18(7-9-26)25-23(28)20-11-21(27)29-22(20)17-4-2-16(12-24)3-5-17/h2-5,10,14,18,20,22H,6-9,11,13H2,1H3,(H,25,28)/t20-,22+/m1/s1. The van der Waals surface area contributed by atoms with E-state index < -0.39 is 12.0 Å². The van der Waals surface area contributed by atoms with Gasteiger partial charge in [-0.3, -0.25) is 14.5 Å². The van der Waals surface area contributed by atoms with E-state index in [0.29, 0.717) is 5.56 Å². The van der Waals surface area contributed by atoms with Gasteiger partial charge in [-0.15, -0.1) is 11.3 Å². The van der Waals surface area contributed by atoms with Crippen molar-refractivity contribution >= 4 is 23.2 Å². The molecular formula is C23H25N3O3S. The van der Waals surface area contributed by atoms with Crippen LogP contribution in [0.5, 0.6) is 0 Å². The number of esters is 1. The fourth-order valence-corrected chi connectivity index (χ4v) is 5.09. The average Bonchev–Trinajstić information content (AvgIpc) is 3.34. The number of amides is 1. The molecule has 2 fully saturated rings. The summed E-state index contributed by atoms with van der Waals surface area (Å²) >= 11 is 1.80. The summed E-state index contributed by atoms with van der Waals surface area (Å²) in [5.74, 6) is -1.01.